The Kier molecular flexibility index (Phi) is 4.31. The number of aromatic nitrogens is 1. The molecule has 6 heteroatoms. The highest BCUT2D eigenvalue weighted by Crippen LogP contribution is 2.23. The maximum Gasteiger partial charge on any atom is 0.268 e. The number of benzene rings is 2. The van der Waals surface area contributed by atoms with Crippen LogP contribution in [0, 0.1) is 0 Å². The fraction of sp³-hybridized carbons (Fsp3) is 0.200. The van der Waals surface area contributed by atoms with Gasteiger partial charge in [0, 0.05) is 10.9 Å². The molecule has 2 heterocycles. The Labute approximate surface area is 150 Å². The third-order valence-corrected chi connectivity index (χ3v) is 4.43. The Morgan fingerprint density at radius 2 is 1.92 bits per heavy atom. The Balaban J connectivity index is 1.31. The zero-order valence-corrected chi connectivity index (χ0v) is 14.1. The third kappa shape index (κ3) is 3.39. The molecule has 1 aliphatic rings. The van der Waals surface area contributed by atoms with Crippen molar-refractivity contribution >= 4 is 22.7 Å². The lowest BCUT2D eigenvalue weighted by atomic mass is 10.0. The molecular formula is C20H19N3O3. The van der Waals surface area contributed by atoms with Gasteiger partial charge in [-0.1, -0.05) is 36.4 Å². The number of hydrogen-bond donors (Lipinski definition) is 3. The van der Waals surface area contributed by atoms with E-state index in [2.05, 4.69) is 15.6 Å². The average Bonchev–Trinajstić information content (AvgIpc) is 3.10. The first-order valence-corrected chi connectivity index (χ1v) is 8.55. The highest BCUT2D eigenvalue weighted by atomic mass is 16.5. The Morgan fingerprint density at radius 1 is 1.12 bits per heavy atom. The normalized spacial score (nSPS) is 15.8. The van der Waals surface area contributed by atoms with Gasteiger partial charge in [-0.15, -0.1) is 0 Å². The Bertz CT molecular complexity index is 931. The van der Waals surface area contributed by atoms with E-state index >= 15 is 0 Å². The number of rotatable bonds is 4. The Hall–Kier alpha value is -3.28. The lowest BCUT2D eigenvalue weighted by Gasteiger charge is -2.26. The quantitative estimate of drug-likeness (QED) is 0.674. The molecule has 0 spiro atoms. The van der Waals surface area contributed by atoms with Crippen LogP contribution in [0.2, 0.25) is 0 Å². The summed E-state index contributed by atoms with van der Waals surface area (Å²) < 4.78 is 5.66. The van der Waals surface area contributed by atoms with Gasteiger partial charge in [-0.3, -0.25) is 9.59 Å². The smallest absolute Gasteiger partial charge is 0.268 e. The number of hydrogen-bond acceptors (Lipinski definition) is 3. The number of carbonyl (C=O) groups is 2. The minimum atomic E-state index is -0.304. The van der Waals surface area contributed by atoms with Crippen molar-refractivity contribution in [3.8, 4) is 5.75 Å². The van der Waals surface area contributed by atoms with Crippen molar-refractivity contribution < 1.29 is 14.3 Å². The first-order valence-electron chi connectivity index (χ1n) is 8.55. The molecule has 0 unspecified atom stereocenters. The van der Waals surface area contributed by atoms with Gasteiger partial charge in [0.15, 0.2) is 0 Å². The number of amides is 2. The number of ether oxygens (including phenoxy) is 1. The van der Waals surface area contributed by atoms with E-state index in [0.717, 1.165) is 28.6 Å². The van der Waals surface area contributed by atoms with E-state index in [1.54, 1.807) is 6.07 Å². The molecule has 4 rings (SSSR count). The molecule has 0 saturated carbocycles. The lowest BCUT2D eigenvalue weighted by molar-refractivity contribution is -0.121. The predicted octanol–water partition coefficient (Wildman–Crippen LogP) is 2.02. The highest BCUT2D eigenvalue weighted by molar-refractivity contribution is 5.99. The molecule has 1 aliphatic heterocycles. The maximum atomic E-state index is 12.2. The fourth-order valence-corrected chi connectivity index (χ4v) is 3.15. The van der Waals surface area contributed by atoms with Gasteiger partial charge in [0.25, 0.3) is 5.91 Å². The summed E-state index contributed by atoms with van der Waals surface area (Å²) in [5.41, 5.74) is 2.40. The zero-order valence-electron chi connectivity index (χ0n) is 14.1. The molecule has 3 aromatic rings. The van der Waals surface area contributed by atoms with Crippen LogP contribution in [-0.2, 0) is 11.2 Å². The summed E-state index contributed by atoms with van der Waals surface area (Å²) in [6.07, 6.45) is 0.720. The predicted molar refractivity (Wildman–Crippen MR) is 98.2 cm³/mol. The highest BCUT2D eigenvalue weighted by Gasteiger charge is 2.21. The topological polar surface area (TPSA) is 83.2 Å². The van der Waals surface area contributed by atoms with Gasteiger partial charge in [0.1, 0.15) is 18.1 Å². The van der Waals surface area contributed by atoms with Gasteiger partial charge < -0.3 is 20.4 Å². The van der Waals surface area contributed by atoms with E-state index in [4.69, 9.17) is 4.74 Å². The van der Waals surface area contributed by atoms with E-state index in [1.165, 1.54) is 0 Å². The first kappa shape index (κ1) is 16.2. The van der Waals surface area contributed by atoms with Gasteiger partial charge in [0.2, 0.25) is 5.91 Å². The second kappa shape index (κ2) is 6.92. The van der Waals surface area contributed by atoms with E-state index in [0.29, 0.717) is 12.3 Å². The fourth-order valence-electron chi connectivity index (χ4n) is 3.15. The van der Waals surface area contributed by atoms with Crippen LogP contribution >= 0.6 is 0 Å². The molecule has 132 valence electrons. The third-order valence-electron chi connectivity index (χ3n) is 4.43. The van der Waals surface area contributed by atoms with Crippen LogP contribution in [0.4, 0.5) is 0 Å². The molecule has 0 saturated heterocycles. The Morgan fingerprint density at radius 3 is 2.81 bits per heavy atom. The minimum Gasteiger partial charge on any atom is -0.491 e. The van der Waals surface area contributed by atoms with Crippen molar-refractivity contribution in [2.24, 2.45) is 0 Å². The van der Waals surface area contributed by atoms with Crippen molar-refractivity contribution in [1.29, 1.82) is 0 Å². The van der Waals surface area contributed by atoms with Crippen LogP contribution in [0.3, 0.4) is 0 Å². The monoisotopic (exact) mass is 349 g/mol. The average molecular weight is 349 g/mol. The molecule has 2 aromatic carbocycles. The molecule has 3 N–H and O–H groups in total. The molecule has 0 radical (unpaired) electrons. The summed E-state index contributed by atoms with van der Waals surface area (Å²) in [5.74, 6) is 0.328. The van der Waals surface area contributed by atoms with E-state index in [9.17, 15) is 9.59 Å². The molecular weight excluding hydrogens is 330 g/mol. The molecule has 1 aromatic heterocycles. The maximum absolute atomic E-state index is 12.2. The van der Waals surface area contributed by atoms with Gasteiger partial charge in [0.05, 0.1) is 12.6 Å². The van der Waals surface area contributed by atoms with Gasteiger partial charge in [-0.25, -0.2) is 0 Å². The molecule has 1 atom stereocenters. The molecule has 0 bridgehead atoms. The van der Waals surface area contributed by atoms with E-state index < -0.39 is 0 Å². The summed E-state index contributed by atoms with van der Waals surface area (Å²) in [5, 5.41) is 6.51. The summed E-state index contributed by atoms with van der Waals surface area (Å²) in [7, 11) is 0. The van der Waals surface area contributed by atoms with Crippen LogP contribution in [-0.4, -0.2) is 36.0 Å². The first-order chi connectivity index (χ1) is 12.7. The SMILES string of the molecule is O=C(CNC(=O)c1cc2ccccc2[nH]1)N[C@@H]1COc2ccccc2C1. The number of H-pyrrole nitrogens is 1. The van der Waals surface area contributed by atoms with Crippen LogP contribution in [0.5, 0.6) is 5.75 Å². The summed E-state index contributed by atoms with van der Waals surface area (Å²) in [4.78, 5) is 27.4. The molecule has 0 aliphatic carbocycles. The van der Waals surface area contributed by atoms with Gasteiger partial charge in [-0.05, 0) is 30.2 Å². The summed E-state index contributed by atoms with van der Waals surface area (Å²) in [6.45, 7) is 0.352. The molecule has 6 nitrogen and oxygen atoms in total. The van der Waals surface area contributed by atoms with E-state index in [-0.39, 0.29) is 24.4 Å². The standard InChI is InChI=1S/C20H19N3O3/c24-19(22-15-9-14-6-2-4-8-18(14)26-12-15)11-21-20(25)17-10-13-5-1-3-7-16(13)23-17/h1-8,10,15,23H,9,11-12H2,(H,21,25)(H,22,24)/t15-/m0/s1. The van der Waals surface area contributed by atoms with Crippen molar-refractivity contribution in [1.82, 2.24) is 15.6 Å². The van der Waals surface area contributed by atoms with Crippen LogP contribution in [0.15, 0.2) is 54.6 Å². The molecule has 26 heavy (non-hydrogen) atoms. The summed E-state index contributed by atoms with van der Waals surface area (Å²) in [6, 6.07) is 17.1. The van der Waals surface area contributed by atoms with Crippen LogP contribution < -0.4 is 15.4 Å². The second-order valence-corrected chi connectivity index (χ2v) is 6.34. The number of fused-ring (bicyclic) bond motifs is 2. The van der Waals surface area contributed by atoms with Crippen LogP contribution in [0.1, 0.15) is 16.1 Å². The van der Waals surface area contributed by atoms with Crippen LogP contribution in [0.25, 0.3) is 10.9 Å². The van der Waals surface area contributed by atoms with Gasteiger partial charge in [-0.2, -0.15) is 0 Å². The summed E-state index contributed by atoms with van der Waals surface area (Å²) >= 11 is 0. The second-order valence-electron chi connectivity index (χ2n) is 6.34. The van der Waals surface area contributed by atoms with Crippen molar-refractivity contribution in [2.45, 2.75) is 12.5 Å². The molecule has 0 fully saturated rings. The van der Waals surface area contributed by atoms with Crippen molar-refractivity contribution in [2.75, 3.05) is 13.2 Å². The zero-order chi connectivity index (χ0) is 17.9. The van der Waals surface area contributed by atoms with Crippen molar-refractivity contribution in [3.05, 3.63) is 65.9 Å². The van der Waals surface area contributed by atoms with Crippen molar-refractivity contribution in [3.63, 3.8) is 0 Å². The number of aromatic amines is 1. The number of nitrogens with one attached hydrogen (secondary N) is 3. The lowest BCUT2D eigenvalue weighted by Crippen LogP contribution is -2.46. The number of carbonyl (C=O) groups excluding carboxylic acids is 2. The minimum absolute atomic E-state index is 0.0770. The van der Waals surface area contributed by atoms with E-state index in [1.807, 2.05) is 48.5 Å². The van der Waals surface area contributed by atoms with Gasteiger partial charge >= 0.3 is 0 Å². The largest absolute Gasteiger partial charge is 0.491 e. The molecule has 2 amide bonds. The number of para-hydroxylation sites is 2.